The van der Waals surface area contributed by atoms with Crippen LogP contribution in [0.3, 0.4) is 0 Å². The lowest BCUT2D eigenvalue weighted by atomic mass is 10.2. The van der Waals surface area contributed by atoms with Crippen molar-refractivity contribution < 1.29 is 14.3 Å². The Morgan fingerprint density at radius 1 is 1.33 bits per heavy atom. The summed E-state index contributed by atoms with van der Waals surface area (Å²) in [5, 5.41) is 22.5. The molecule has 7 nitrogen and oxygen atoms in total. The van der Waals surface area contributed by atoms with Crippen molar-refractivity contribution in [1.82, 2.24) is 4.98 Å². The number of hydrogen-bond donors (Lipinski definition) is 1. The third kappa shape index (κ3) is 4.64. The number of rotatable bonds is 7. The summed E-state index contributed by atoms with van der Waals surface area (Å²) in [5.41, 5.74) is 3.51. The Morgan fingerprint density at radius 3 is 2.83 bits per heavy atom. The SMILES string of the molecule is CCOC(=O)c1sc(NC(=O)CCSc2nc3c(cc2C#N)CCC3)c(C#N)c1C. The molecule has 0 spiro atoms. The molecule has 1 aliphatic carbocycles. The molecule has 2 aromatic heterocycles. The van der Waals surface area contributed by atoms with E-state index in [1.807, 2.05) is 12.1 Å². The second kappa shape index (κ2) is 9.75. The van der Waals surface area contributed by atoms with Crippen molar-refractivity contribution in [3.8, 4) is 12.1 Å². The molecule has 30 heavy (non-hydrogen) atoms. The number of nitrogens with zero attached hydrogens (tertiary/aromatic N) is 3. The van der Waals surface area contributed by atoms with Crippen molar-refractivity contribution >= 4 is 40.0 Å². The molecule has 0 saturated carbocycles. The van der Waals surface area contributed by atoms with Crippen LogP contribution in [0.2, 0.25) is 0 Å². The first-order valence-electron chi connectivity index (χ1n) is 9.54. The van der Waals surface area contributed by atoms with E-state index in [2.05, 4.69) is 16.4 Å². The number of aryl methyl sites for hydroxylation is 2. The Morgan fingerprint density at radius 2 is 2.13 bits per heavy atom. The number of carbonyl (C=O) groups excluding carboxylic acids is 2. The van der Waals surface area contributed by atoms with Gasteiger partial charge in [-0.25, -0.2) is 9.78 Å². The lowest BCUT2D eigenvalue weighted by molar-refractivity contribution is -0.115. The second-order valence-corrected chi connectivity index (χ2v) is 8.76. The average Bonchev–Trinajstić information content (AvgIpc) is 3.30. The van der Waals surface area contributed by atoms with E-state index in [1.165, 1.54) is 11.8 Å². The van der Waals surface area contributed by atoms with E-state index in [9.17, 15) is 20.1 Å². The zero-order valence-corrected chi connectivity index (χ0v) is 18.3. The van der Waals surface area contributed by atoms with Gasteiger partial charge in [-0.2, -0.15) is 10.5 Å². The number of fused-ring (bicyclic) bond motifs is 1. The van der Waals surface area contributed by atoms with Crippen molar-refractivity contribution in [2.45, 2.75) is 44.6 Å². The molecule has 0 saturated heterocycles. The van der Waals surface area contributed by atoms with E-state index in [4.69, 9.17) is 4.74 Å². The van der Waals surface area contributed by atoms with Gasteiger partial charge in [-0.05, 0) is 50.3 Å². The standard InChI is InChI=1S/C21H20N4O3S2/c1-3-28-21(27)18-12(2)15(11-23)20(30-18)25-17(26)7-8-29-19-14(10-22)9-13-5-4-6-16(13)24-19/h9H,3-8H2,1-2H3,(H,25,26). The predicted molar refractivity (Wildman–Crippen MR) is 115 cm³/mol. The first-order valence-corrected chi connectivity index (χ1v) is 11.3. The molecule has 0 bridgehead atoms. The normalized spacial score (nSPS) is 12.0. The highest BCUT2D eigenvalue weighted by atomic mass is 32.2. The van der Waals surface area contributed by atoms with Crippen LogP contribution in [0, 0.1) is 29.6 Å². The average molecular weight is 441 g/mol. The van der Waals surface area contributed by atoms with E-state index in [0.29, 0.717) is 31.8 Å². The van der Waals surface area contributed by atoms with Crippen LogP contribution in [0.25, 0.3) is 0 Å². The Labute approximate surface area is 183 Å². The lowest BCUT2D eigenvalue weighted by Crippen LogP contribution is -2.12. The Hall–Kier alpha value is -2.88. The number of ether oxygens (including phenoxy) is 1. The van der Waals surface area contributed by atoms with E-state index < -0.39 is 5.97 Å². The van der Waals surface area contributed by atoms with Crippen LogP contribution < -0.4 is 5.32 Å². The minimum absolute atomic E-state index is 0.185. The molecular weight excluding hydrogens is 420 g/mol. The number of esters is 1. The highest BCUT2D eigenvalue weighted by Crippen LogP contribution is 2.33. The van der Waals surface area contributed by atoms with Crippen LogP contribution in [0.1, 0.15) is 57.4 Å². The zero-order chi connectivity index (χ0) is 21.7. The summed E-state index contributed by atoms with van der Waals surface area (Å²) in [6, 6.07) is 6.14. The fourth-order valence-corrected chi connectivity index (χ4v) is 5.18. The third-order valence-corrected chi connectivity index (χ3v) is 6.86. The topological polar surface area (TPSA) is 116 Å². The van der Waals surface area contributed by atoms with Gasteiger partial charge in [-0.3, -0.25) is 4.79 Å². The highest BCUT2D eigenvalue weighted by molar-refractivity contribution is 7.99. The lowest BCUT2D eigenvalue weighted by Gasteiger charge is -2.07. The van der Waals surface area contributed by atoms with Gasteiger partial charge in [0.15, 0.2) is 0 Å². The molecule has 0 unspecified atom stereocenters. The Kier molecular flexibility index (Phi) is 7.09. The highest BCUT2D eigenvalue weighted by Gasteiger charge is 2.22. The number of amides is 1. The molecule has 1 N–H and O–H groups in total. The quantitative estimate of drug-likeness (QED) is 0.511. The first kappa shape index (κ1) is 21.8. The maximum atomic E-state index is 12.4. The zero-order valence-electron chi connectivity index (χ0n) is 16.7. The van der Waals surface area contributed by atoms with E-state index in [0.717, 1.165) is 41.9 Å². The minimum Gasteiger partial charge on any atom is -0.462 e. The maximum absolute atomic E-state index is 12.4. The number of pyridine rings is 1. The molecule has 0 aliphatic heterocycles. The van der Waals surface area contributed by atoms with Gasteiger partial charge in [0.25, 0.3) is 0 Å². The summed E-state index contributed by atoms with van der Waals surface area (Å²) >= 11 is 2.42. The minimum atomic E-state index is -0.501. The number of thiophene rings is 1. The van der Waals surface area contributed by atoms with Crippen LogP contribution in [0.4, 0.5) is 5.00 Å². The molecule has 3 rings (SSSR count). The van der Waals surface area contributed by atoms with Gasteiger partial charge in [0.2, 0.25) is 5.91 Å². The first-order chi connectivity index (χ1) is 14.5. The smallest absolute Gasteiger partial charge is 0.348 e. The molecule has 0 atom stereocenters. The van der Waals surface area contributed by atoms with E-state index >= 15 is 0 Å². The number of hydrogen-bond acceptors (Lipinski definition) is 8. The number of thioether (sulfide) groups is 1. The van der Waals surface area contributed by atoms with Crippen molar-refractivity contribution in [3.05, 3.63) is 38.9 Å². The molecule has 0 aromatic carbocycles. The van der Waals surface area contributed by atoms with Gasteiger partial charge in [-0.15, -0.1) is 23.1 Å². The van der Waals surface area contributed by atoms with Crippen molar-refractivity contribution in [2.75, 3.05) is 17.7 Å². The summed E-state index contributed by atoms with van der Waals surface area (Å²) in [4.78, 5) is 29.4. The summed E-state index contributed by atoms with van der Waals surface area (Å²) in [7, 11) is 0. The fourth-order valence-electron chi connectivity index (χ4n) is 3.20. The third-order valence-electron chi connectivity index (χ3n) is 4.68. The molecule has 0 fully saturated rings. The maximum Gasteiger partial charge on any atom is 0.348 e. The molecule has 0 radical (unpaired) electrons. The largest absolute Gasteiger partial charge is 0.462 e. The number of aromatic nitrogens is 1. The monoisotopic (exact) mass is 440 g/mol. The Balaban J connectivity index is 1.63. The molecule has 2 aromatic rings. The van der Waals surface area contributed by atoms with Crippen LogP contribution in [0.15, 0.2) is 11.1 Å². The summed E-state index contributed by atoms with van der Waals surface area (Å²) in [5.74, 6) is -0.321. The van der Waals surface area contributed by atoms with Crippen LogP contribution >= 0.6 is 23.1 Å². The fraction of sp³-hybridized carbons (Fsp3) is 0.381. The number of nitriles is 2. The molecular formula is C21H20N4O3S2. The van der Waals surface area contributed by atoms with Gasteiger partial charge in [0, 0.05) is 17.9 Å². The molecule has 1 aliphatic rings. The number of anilines is 1. The Bertz CT molecular complexity index is 1080. The van der Waals surface area contributed by atoms with Gasteiger partial charge in [-0.1, -0.05) is 0 Å². The summed E-state index contributed by atoms with van der Waals surface area (Å²) < 4.78 is 5.01. The van der Waals surface area contributed by atoms with Crippen LogP contribution in [-0.4, -0.2) is 29.2 Å². The molecule has 154 valence electrons. The van der Waals surface area contributed by atoms with Crippen molar-refractivity contribution in [2.24, 2.45) is 0 Å². The number of carbonyl (C=O) groups is 2. The molecule has 2 heterocycles. The second-order valence-electron chi connectivity index (χ2n) is 6.65. The molecule has 1 amide bonds. The van der Waals surface area contributed by atoms with Gasteiger partial charge in [0.1, 0.15) is 27.0 Å². The summed E-state index contributed by atoms with van der Waals surface area (Å²) in [6.07, 6.45) is 3.12. The van der Waals surface area contributed by atoms with Gasteiger partial charge in [0.05, 0.1) is 17.7 Å². The summed E-state index contributed by atoms with van der Waals surface area (Å²) in [6.45, 7) is 3.61. The van der Waals surface area contributed by atoms with Crippen LogP contribution in [-0.2, 0) is 22.4 Å². The van der Waals surface area contributed by atoms with Crippen LogP contribution in [0.5, 0.6) is 0 Å². The molecule has 9 heteroatoms. The van der Waals surface area contributed by atoms with Crippen molar-refractivity contribution in [1.29, 1.82) is 10.5 Å². The van der Waals surface area contributed by atoms with E-state index in [-0.39, 0.29) is 24.5 Å². The van der Waals surface area contributed by atoms with Gasteiger partial charge >= 0.3 is 5.97 Å². The van der Waals surface area contributed by atoms with E-state index in [1.54, 1.807) is 13.8 Å². The van der Waals surface area contributed by atoms with Gasteiger partial charge < -0.3 is 10.1 Å². The van der Waals surface area contributed by atoms with Crippen molar-refractivity contribution in [3.63, 3.8) is 0 Å². The predicted octanol–water partition coefficient (Wildman–Crippen LogP) is 3.98. The number of nitrogens with one attached hydrogen (secondary N) is 1.